The summed E-state index contributed by atoms with van der Waals surface area (Å²) >= 11 is 0. The third-order valence-corrected chi connectivity index (χ3v) is 6.21. The number of aliphatic carboxylic acids is 1. The van der Waals surface area contributed by atoms with E-state index in [1.807, 2.05) is 6.07 Å². The molecule has 7 nitrogen and oxygen atoms in total. The standard InChI is InChI=1S/C23H24N2O5S/c1-2-22(23(26)27)30-19-12-10-17(11-13-19)15-21(18-7-6-14-24-16-18)25-31(28,29)20-8-4-3-5-9-20/h3-14,16,21-22,25H,2,15H2,1H3,(H,26,27). The van der Waals surface area contributed by atoms with Crippen molar-refractivity contribution in [3.63, 3.8) is 0 Å². The Morgan fingerprint density at radius 3 is 2.35 bits per heavy atom. The molecule has 3 rings (SSSR count). The lowest BCUT2D eigenvalue weighted by Gasteiger charge is -2.20. The van der Waals surface area contributed by atoms with Crippen molar-refractivity contribution in [2.45, 2.75) is 36.8 Å². The second kappa shape index (κ2) is 10.2. The Labute approximate surface area is 181 Å². The molecule has 0 aliphatic carbocycles. The van der Waals surface area contributed by atoms with E-state index in [2.05, 4.69) is 9.71 Å². The molecule has 2 aromatic carbocycles. The summed E-state index contributed by atoms with van der Waals surface area (Å²) in [4.78, 5) is 15.5. The van der Waals surface area contributed by atoms with E-state index in [1.165, 1.54) is 0 Å². The molecule has 3 aromatic rings. The second-order valence-corrected chi connectivity index (χ2v) is 8.69. The van der Waals surface area contributed by atoms with Gasteiger partial charge in [-0.15, -0.1) is 0 Å². The van der Waals surface area contributed by atoms with Crippen molar-refractivity contribution >= 4 is 16.0 Å². The number of pyridine rings is 1. The molecule has 0 radical (unpaired) electrons. The van der Waals surface area contributed by atoms with Crippen LogP contribution in [0.5, 0.6) is 5.75 Å². The number of benzene rings is 2. The van der Waals surface area contributed by atoms with Gasteiger partial charge < -0.3 is 9.84 Å². The number of carbonyl (C=O) groups is 1. The SMILES string of the molecule is CCC(Oc1ccc(CC(NS(=O)(=O)c2ccccc2)c2cccnc2)cc1)C(=O)O. The summed E-state index contributed by atoms with van der Waals surface area (Å²) in [6.07, 6.45) is 3.08. The Morgan fingerprint density at radius 2 is 1.77 bits per heavy atom. The van der Waals surface area contributed by atoms with Crippen LogP contribution in [0.1, 0.15) is 30.5 Å². The fraction of sp³-hybridized carbons (Fsp3) is 0.217. The number of aromatic nitrogens is 1. The van der Waals surface area contributed by atoms with Crippen molar-refractivity contribution in [3.05, 3.63) is 90.3 Å². The molecule has 0 aliphatic rings. The van der Waals surface area contributed by atoms with Crippen LogP contribution in [0.4, 0.5) is 0 Å². The van der Waals surface area contributed by atoms with Gasteiger partial charge in [0.25, 0.3) is 0 Å². The summed E-state index contributed by atoms with van der Waals surface area (Å²) in [5, 5.41) is 9.14. The van der Waals surface area contributed by atoms with E-state index in [0.717, 1.165) is 11.1 Å². The van der Waals surface area contributed by atoms with Gasteiger partial charge in [0.1, 0.15) is 5.75 Å². The predicted molar refractivity (Wildman–Crippen MR) is 116 cm³/mol. The number of nitrogens with zero attached hydrogens (tertiary/aromatic N) is 1. The van der Waals surface area contributed by atoms with Crippen LogP contribution in [0.25, 0.3) is 0 Å². The highest BCUT2D eigenvalue weighted by molar-refractivity contribution is 7.89. The molecular weight excluding hydrogens is 416 g/mol. The van der Waals surface area contributed by atoms with Crippen LogP contribution in [0.15, 0.2) is 84.0 Å². The molecule has 0 aliphatic heterocycles. The average Bonchev–Trinajstić information content (AvgIpc) is 2.79. The van der Waals surface area contributed by atoms with Crippen LogP contribution < -0.4 is 9.46 Å². The molecule has 0 saturated heterocycles. The van der Waals surface area contributed by atoms with Gasteiger partial charge in [-0.1, -0.05) is 43.3 Å². The van der Waals surface area contributed by atoms with Crippen LogP contribution in [0.2, 0.25) is 0 Å². The number of nitrogens with one attached hydrogen (secondary N) is 1. The zero-order valence-electron chi connectivity index (χ0n) is 17.0. The van der Waals surface area contributed by atoms with Gasteiger partial charge in [0.05, 0.1) is 10.9 Å². The van der Waals surface area contributed by atoms with E-state index >= 15 is 0 Å². The molecule has 0 amide bonds. The highest BCUT2D eigenvalue weighted by Gasteiger charge is 2.22. The Bertz CT molecular complexity index is 1090. The van der Waals surface area contributed by atoms with Crippen LogP contribution in [0, 0.1) is 0 Å². The molecule has 1 heterocycles. The summed E-state index contributed by atoms with van der Waals surface area (Å²) in [5.41, 5.74) is 1.60. The first-order valence-electron chi connectivity index (χ1n) is 9.84. The van der Waals surface area contributed by atoms with Gasteiger partial charge >= 0.3 is 5.97 Å². The molecule has 8 heteroatoms. The molecule has 0 fully saturated rings. The summed E-state index contributed by atoms with van der Waals surface area (Å²) in [7, 11) is -3.73. The highest BCUT2D eigenvalue weighted by Crippen LogP contribution is 2.23. The number of hydrogen-bond donors (Lipinski definition) is 2. The monoisotopic (exact) mass is 440 g/mol. The zero-order valence-corrected chi connectivity index (χ0v) is 17.8. The third kappa shape index (κ3) is 6.13. The van der Waals surface area contributed by atoms with E-state index in [0.29, 0.717) is 18.6 Å². The maximum Gasteiger partial charge on any atom is 0.344 e. The largest absolute Gasteiger partial charge is 0.479 e. The summed E-state index contributed by atoms with van der Waals surface area (Å²) < 4.78 is 34.0. The summed E-state index contributed by atoms with van der Waals surface area (Å²) in [6, 6.07) is 18.2. The van der Waals surface area contributed by atoms with E-state index in [1.54, 1.807) is 80.0 Å². The predicted octanol–water partition coefficient (Wildman–Crippen LogP) is 3.59. The highest BCUT2D eigenvalue weighted by atomic mass is 32.2. The zero-order chi connectivity index (χ0) is 22.3. The summed E-state index contributed by atoms with van der Waals surface area (Å²) in [6.45, 7) is 1.74. The number of hydrogen-bond acceptors (Lipinski definition) is 5. The molecule has 0 spiro atoms. The molecule has 31 heavy (non-hydrogen) atoms. The molecule has 0 bridgehead atoms. The minimum Gasteiger partial charge on any atom is -0.479 e. The number of sulfonamides is 1. The van der Waals surface area contributed by atoms with Gasteiger partial charge in [-0.3, -0.25) is 4.98 Å². The van der Waals surface area contributed by atoms with Gasteiger partial charge in [0, 0.05) is 12.4 Å². The van der Waals surface area contributed by atoms with Crippen molar-refractivity contribution in [1.82, 2.24) is 9.71 Å². The lowest BCUT2D eigenvalue weighted by atomic mass is 10.0. The first kappa shape index (κ1) is 22.5. The number of carboxylic acids is 1. The van der Waals surface area contributed by atoms with Crippen LogP contribution in [-0.2, 0) is 21.2 Å². The van der Waals surface area contributed by atoms with Crippen molar-refractivity contribution in [2.75, 3.05) is 0 Å². The van der Waals surface area contributed by atoms with E-state index in [4.69, 9.17) is 9.84 Å². The molecule has 2 unspecified atom stereocenters. The van der Waals surface area contributed by atoms with Gasteiger partial charge in [-0.2, -0.15) is 0 Å². The first-order valence-corrected chi connectivity index (χ1v) is 11.3. The van der Waals surface area contributed by atoms with Crippen LogP contribution in [-0.4, -0.2) is 30.6 Å². The molecular formula is C23H24N2O5S. The number of rotatable bonds is 10. The Morgan fingerprint density at radius 1 is 1.06 bits per heavy atom. The van der Waals surface area contributed by atoms with E-state index in [9.17, 15) is 13.2 Å². The van der Waals surface area contributed by atoms with Gasteiger partial charge in [0.15, 0.2) is 6.10 Å². The second-order valence-electron chi connectivity index (χ2n) is 6.97. The van der Waals surface area contributed by atoms with Crippen LogP contribution >= 0.6 is 0 Å². The Kier molecular flexibility index (Phi) is 7.38. The van der Waals surface area contributed by atoms with Gasteiger partial charge in [-0.25, -0.2) is 17.9 Å². The summed E-state index contributed by atoms with van der Waals surface area (Å²) in [5.74, 6) is -0.570. The third-order valence-electron chi connectivity index (χ3n) is 4.73. The molecule has 2 N–H and O–H groups in total. The normalized spacial score (nSPS) is 13.3. The van der Waals surface area contributed by atoms with E-state index < -0.39 is 28.1 Å². The van der Waals surface area contributed by atoms with Crippen LogP contribution in [0.3, 0.4) is 0 Å². The fourth-order valence-corrected chi connectivity index (χ4v) is 4.32. The molecule has 162 valence electrons. The van der Waals surface area contributed by atoms with Crippen molar-refractivity contribution in [2.24, 2.45) is 0 Å². The molecule has 0 saturated carbocycles. The lowest BCUT2D eigenvalue weighted by Crippen LogP contribution is -2.30. The average molecular weight is 441 g/mol. The maximum atomic E-state index is 12.9. The Hall–Kier alpha value is -3.23. The van der Waals surface area contributed by atoms with Crippen molar-refractivity contribution in [1.29, 1.82) is 0 Å². The van der Waals surface area contributed by atoms with Gasteiger partial charge in [0.2, 0.25) is 10.0 Å². The minimum atomic E-state index is -3.73. The van der Waals surface area contributed by atoms with Crippen molar-refractivity contribution < 1.29 is 23.1 Å². The number of ether oxygens (including phenoxy) is 1. The smallest absolute Gasteiger partial charge is 0.344 e. The van der Waals surface area contributed by atoms with E-state index in [-0.39, 0.29) is 4.90 Å². The fourth-order valence-electron chi connectivity index (χ4n) is 3.08. The molecule has 2 atom stereocenters. The first-order chi connectivity index (χ1) is 14.9. The maximum absolute atomic E-state index is 12.9. The molecule has 1 aromatic heterocycles. The Balaban J connectivity index is 1.80. The topological polar surface area (TPSA) is 106 Å². The van der Waals surface area contributed by atoms with Gasteiger partial charge in [-0.05, 0) is 54.3 Å². The minimum absolute atomic E-state index is 0.187. The quantitative estimate of drug-likeness (QED) is 0.499. The number of carboxylic acid groups (broad SMARTS) is 1. The van der Waals surface area contributed by atoms with Crippen molar-refractivity contribution in [3.8, 4) is 5.75 Å². The lowest BCUT2D eigenvalue weighted by molar-refractivity contribution is -0.145.